The number of benzene rings is 1. The first-order chi connectivity index (χ1) is 12.6. The summed E-state index contributed by atoms with van der Waals surface area (Å²) in [5, 5.41) is 3.23. The number of likely N-dealkylation sites (tertiary alicyclic amines) is 1. The summed E-state index contributed by atoms with van der Waals surface area (Å²) in [6.45, 7) is 2.11. The molecule has 1 aliphatic heterocycles. The summed E-state index contributed by atoms with van der Waals surface area (Å²) in [6, 6.07) is 4.91. The average Bonchev–Trinajstić information content (AvgIpc) is 3.46. The number of rotatable bonds is 4. The van der Waals surface area contributed by atoms with Crippen molar-refractivity contribution in [1.82, 2.24) is 10.2 Å². The van der Waals surface area contributed by atoms with Crippen LogP contribution in [-0.4, -0.2) is 36.0 Å². The van der Waals surface area contributed by atoms with Crippen molar-refractivity contribution < 1.29 is 13.6 Å². The Labute approximate surface area is 154 Å². The molecule has 3 nitrogen and oxygen atoms in total. The molecular formula is C21H28F2N2O. The van der Waals surface area contributed by atoms with Gasteiger partial charge in [0.1, 0.15) is 0 Å². The second kappa shape index (κ2) is 7.63. The Morgan fingerprint density at radius 1 is 1.04 bits per heavy atom. The number of amides is 1. The molecule has 3 fully saturated rings. The lowest BCUT2D eigenvalue weighted by atomic mass is 9.92. The molecule has 0 bridgehead atoms. The van der Waals surface area contributed by atoms with Crippen molar-refractivity contribution in [1.29, 1.82) is 0 Å². The van der Waals surface area contributed by atoms with Crippen LogP contribution in [0.5, 0.6) is 0 Å². The minimum Gasteiger partial charge on any atom is -0.352 e. The Morgan fingerprint density at radius 2 is 1.85 bits per heavy atom. The van der Waals surface area contributed by atoms with Crippen molar-refractivity contribution >= 4 is 5.91 Å². The van der Waals surface area contributed by atoms with E-state index in [2.05, 4.69) is 10.2 Å². The Balaban J connectivity index is 1.30. The Kier molecular flexibility index (Phi) is 5.25. The van der Waals surface area contributed by atoms with E-state index in [9.17, 15) is 13.6 Å². The first-order valence-electron chi connectivity index (χ1n) is 10.1. The molecule has 1 saturated heterocycles. The van der Waals surface area contributed by atoms with Gasteiger partial charge in [-0.25, -0.2) is 8.78 Å². The molecule has 2 aliphatic carbocycles. The number of carbonyl (C=O) groups is 1. The second-order valence-corrected chi connectivity index (χ2v) is 8.26. The van der Waals surface area contributed by atoms with Gasteiger partial charge in [0.15, 0.2) is 11.6 Å². The molecule has 4 rings (SSSR count). The summed E-state index contributed by atoms with van der Waals surface area (Å²) < 4.78 is 26.5. The summed E-state index contributed by atoms with van der Waals surface area (Å²) in [7, 11) is 0. The van der Waals surface area contributed by atoms with E-state index in [0.717, 1.165) is 44.0 Å². The Morgan fingerprint density at radius 3 is 2.62 bits per heavy atom. The summed E-state index contributed by atoms with van der Waals surface area (Å²) in [4.78, 5) is 15.2. The zero-order chi connectivity index (χ0) is 18.1. The van der Waals surface area contributed by atoms with Gasteiger partial charge < -0.3 is 5.32 Å². The van der Waals surface area contributed by atoms with Gasteiger partial charge in [-0.1, -0.05) is 25.3 Å². The normalized spacial score (nSPS) is 30.2. The van der Waals surface area contributed by atoms with Crippen LogP contribution in [0.15, 0.2) is 18.2 Å². The van der Waals surface area contributed by atoms with Gasteiger partial charge in [-0.2, -0.15) is 0 Å². The number of hydrogen-bond donors (Lipinski definition) is 1. The highest BCUT2D eigenvalue weighted by molar-refractivity contribution is 5.83. The van der Waals surface area contributed by atoms with Crippen LogP contribution in [0.4, 0.5) is 8.78 Å². The fraction of sp³-hybridized carbons (Fsp3) is 0.667. The molecule has 1 aromatic rings. The topological polar surface area (TPSA) is 32.3 Å². The lowest BCUT2D eigenvalue weighted by Crippen LogP contribution is -2.51. The molecule has 142 valence electrons. The molecule has 1 heterocycles. The van der Waals surface area contributed by atoms with Gasteiger partial charge in [-0.15, -0.1) is 0 Å². The molecule has 5 heteroatoms. The average molecular weight is 362 g/mol. The van der Waals surface area contributed by atoms with E-state index in [1.165, 1.54) is 38.2 Å². The third-order valence-electron chi connectivity index (χ3n) is 6.39. The summed E-state index contributed by atoms with van der Waals surface area (Å²) >= 11 is 0. The Bertz CT molecular complexity index is 659. The van der Waals surface area contributed by atoms with Gasteiger partial charge in [0.2, 0.25) is 5.91 Å². The molecule has 26 heavy (non-hydrogen) atoms. The van der Waals surface area contributed by atoms with Crippen molar-refractivity contribution in [2.24, 2.45) is 5.92 Å². The van der Waals surface area contributed by atoms with Crippen molar-refractivity contribution in [2.45, 2.75) is 69.4 Å². The molecule has 3 unspecified atom stereocenters. The van der Waals surface area contributed by atoms with Gasteiger partial charge >= 0.3 is 0 Å². The number of halogens is 2. The van der Waals surface area contributed by atoms with Gasteiger partial charge in [0, 0.05) is 24.5 Å². The van der Waals surface area contributed by atoms with Gasteiger partial charge in [-0.3, -0.25) is 9.69 Å². The zero-order valence-corrected chi connectivity index (χ0v) is 15.2. The largest absolute Gasteiger partial charge is 0.352 e. The minimum atomic E-state index is -0.833. The fourth-order valence-electron chi connectivity index (χ4n) is 4.81. The first kappa shape index (κ1) is 17.9. The van der Waals surface area contributed by atoms with E-state index >= 15 is 0 Å². The van der Waals surface area contributed by atoms with Crippen LogP contribution < -0.4 is 5.32 Å². The molecule has 3 atom stereocenters. The molecule has 2 saturated carbocycles. The second-order valence-electron chi connectivity index (χ2n) is 8.26. The molecule has 0 spiro atoms. The van der Waals surface area contributed by atoms with E-state index in [0.29, 0.717) is 6.04 Å². The minimum absolute atomic E-state index is 0.0307. The number of hydrogen-bond acceptors (Lipinski definition) is 2. The molecular weight excluding hydrogens is 334 g/mol. The van der Waals surface area contributed by atoms with E-state index in [-0.39, 0.29) is 23.8 Å². The quantitative estimate of drug-likeness (QED) is 0.879. The standard InChI is InChI=1S/C21H28F2N2O/c22-19-9-8-14(11-20(19)23)17-12-18(17)21(26)24-15-5-4-10-25(13-15)16-6-2-1-3-7-16/h8-9,11,15-18H,1-7,10,12-13H2,(H,24,26). The molecule has 1 aromatic carbocycles. The highest BCUT2D eigenvalue weighted by Gasteiger charge is 2.45. The van der Waals surface area contributed by atoms with Crippen molar-refractivity contribution in [3.05, 3.63) is 35.4 Å². The van der Waals surface area contributed by atoms with Gasteiger partial charge in [-0.05, 0) is 62.3 Å². The smallest absolute Gasteiger partial charge is 0.224 e. The van der Waals surface area contributed by atoms with E-state index in [1.807, 2.05) is 0 Å². The maximum Gasteiger partial charge on any atom is 0.224 e. The van der Waals surface area contributed by atoms with Crippen LogP contribution in [0.3, 0.4) is 0 Å². The van der Waals surface area contributed by atoms with Crippen LogP contribution in [-0.2, 0) is 4.79 Å². The van der Waals surface area contributed by atoms with E-state index in [4.69, 9.17) is 0 Å². The number of piperidine rings is 1. The lowest BCUT2D eigenvalue weighted by molar-refractivity contribution is -0.123. The van der Waals surface area contributed by atoms with Crippen molar-refractivity contribution in [3.63, 3.8) is 0 Å². The predicted octanol–water partition coefficient (Wildman–Crippen LogP) is 3.98. The van der Waals surface area contributed by atoms with Gasteiger partial charge in [0.25, 0.3) is 0 Å². The van der Waals surface area contributed by atoms with E-state index in [1.54, 1.807) is 6.07 Å². The predicted molar refractivity (Wildman–Crippen MR) is 96.8 cm³/mol. The zero-order valence-electron chi connectivity index (χ0n) is 15.2. The Hall–Kier alpha value is -1.49. The monoisotopic (exact) mass is 362 g/mol. The van der Waals surface area contributed by atoms with Crippen LogP contribution >= 0.6 is 0 Å². The summed E-state index contributed by atoms with van der Waals surface area (Å²) in [5.74, 6) is -1.65. The van der Waals surface area contributed by atoms with Crippen LogP contribution in [0.2, 0.25) is 0 Å². The maximum atomic E-state index is 13.4. The lowest BCUT2D eigenvalue weighted by Gasteiger charge is -2.40. The summed E-state index contributed by atoms with van der Waals surface area (Å²) in [6.07, 6.45) is 9.51. The third-order valence-corrected chi connectivity index (χ3v) is 6.39. The fourth-order valence-corrected chi connectivity index (χ4v) is 4.81. The molecule has 3 aliphatic rings. The highest BCUT2D eigenvalue weighted by Crippen LogP contribution is 2.47. The van der Waals surface area contributed by atoms with Crippen LogP contribution in [0.25, 0.3) is 0 Å². The first-order valence-corrected chi connectivity index (χ1v) is 10.1. The molecule has 0 radical (unpaired) electrons. The SMILES string of the molecule is O=C(NC1CCCN(C2CCCCC2)C1)C1CC1c1ccc(F)c(F)c1. The van der Waals surface area contributed by atoms with Crippen molar-refractivity contribution in [3.8, 4) is 0 Å². The van der Waals surface area contributed by atoms with Crippen LogP contribution in [0.1, 0.15) is 62.8 Å². The molecule has 0 aromatic heterocycles. The van der Waals surface area contributed by atoms with Gasteiger partial charge in [0.05, 0.1) is 0 Å². The number of nitrogens with one attached hydrogen (secondary N) is 1. The number of carbonyl (C=O) groups excluding carboxylic acids is 1. The number of nitrogens with zero attached hydrogens (tertiary/aromatic N) is 1. The highest BCUT2D eigenvalue weighted by atomic mass is 19.2. The van der Waals surface area contributed by atoms with Crippen molar-refractivity contribution in [2.75, 3.05) is 13.1 Å². The van der Waals surface area contributed by atoms with Crippen LogP contribution in [0, 0.1) is 17.6 Å². The molecule has 1 amide bonds. The third kappa shape index (κ3) is 3.93. The summed E-state index contributed by atoms with van der Waals surface area (Å²) in [5.41, 5.74) is 0.733. The van der Waals surface area contributed by atoms with E-state index < -0.39 is 11.6 Å². The molecule has 1 N–H and O–H groups in total. The maximum absolute atomic E-state index is 13.4.